The van der Waals surface area contributed by atoms with Crippen molar-refractivity contribution in [2.45, 2.75) is 32.7 Å². The predicted molar refractivity (Wildman–Crippen MR) is 89.8 cm³/mol. The monoisotopic (exact) mass is 302 g/mol. The molecule has 1 aromatic carbocycles. The first-order valence-electron chi connectivity index (χ1n) is 8.03. The van der Waals surface area contributed by atoms with Gasteiger partial charge in [-0.25, -0.2) is 0 Å². The van der Waals surface area contributed by atoms with Gasteiger partial charge in [0.25, 0.3) is 0 Å². The summed E-state index contributed by atoms with van der Waals surface area (Å²) in [6.07, 6.45) is 2.48. The first-order chi connectivity index (χ1) is 10.7. The fourth-order valence-electron chi connectivity index (χ4n) is 2.65. The van der Waals surface area contributed by atoms with Gasteiger partial charge in [-0.15, -0.1) is 0 Å². The number of nitrogens with zero attached hydrogens (tertiary/aromatic N) is 2. The van der Waals surface area contributed by atoms with Crippen LogP contribution in [0.5, 0.6) is 0 Å². The lowest BCUT2D eigenvalue weighted by Crippen LogP contribution is -2.45. The standard InChI is InChI=1S/C17H26N4O/c1-3-10-19-16(22)8-11-20-17(18-2)21-12-9-14-6-4-5-7-15(14)13-21/h4-7H,3,8-13H2,1-2H3,(H,18,20)(H,19,22). The molecule has 0 aromatic heterocycles. The molecular formula is C17H26N4O. The van der Waals surface area contributed by atoms with E-state index in [0.717, 1.165) is 38.4 Å². The number of benzene rings is 1. The Hall–Kier alpha value is -2.04. The molecule has 22 heavy (non-hydrogen) atoms. The summed E-state index contributed by atoms with van der Waals surface area (Å²) in [7, 11) is 1.79. The number of nitrogens with one attached hydrogen (secondary N) is 2. The number of amides is 1. The van der Waals surface area contributed by atoms with Crippen molar-refractivity contribution in [2.24, 2.45) is 4.99 Å². The largest absolute Gasteiger partial charge is 0.356 e. The molecule has 5 heteroatoms. The van der Waals surface area contributed by atoms with E-state index in [-0.39, 0.29) is 5.91 Å². The Morgan fingerprint density at radius 2 is 2.00 bits per heavy atom. The van der Waals surface area contributed by atoms with Crippen LogP contribution in [0.15, 0.2) is 29.3 Å². The third kappa shape index (κ3) is 4.48. The van der Waals surface area contributed by atoms with Gasteiger partial charge in [-0.3, -0.25) is 9.79 Å². The van der Waals surface area contributed by atoms with Gasteiger partial charge in [-0.1, -0.05) is 31.2 Å². The molecule has 0 radical (unpaired) electrons. The van der Waals surface area contributed by atoms with Crippen LogP contribution in [0.1, 0.15) is 30.9 Å². The third-order valence-electron chi connectivity index (χ3n) is 3.85. The maximum atomic E-state index is 11.6. The van der Waals surface area contributed by atoms with Crippen LogP contribution in [0.4, 0.5) is 0 Å². The molecule has 2 rings (SSSR count). The minimum atomic E-state index is 0.0915. The summed E-state index contributed by atoms with van der Waals surface area (Å²) in [4.78, 5) is 18.2. The molecular weight excluding hydrogens is 276 g/mol. The first kappa shape index (κ1) is 16.3. The average molecular weight is 302 g/mol. The molecule has 1 heterocycles. The zero-order chi connectivity index (χ0) is 15.8. The molecule has 5 nitrogen and oxygen atoms in total. The number of hydrogen-bond donors (Lipinski definition) is 2. The second-order valence-electron chi connectivity index (χ2n) is 5.51. The van der Waals surface area contributed by atoms with Crippen LogP contribution < -0.4 is 10.6 Å². The van der Waals surface area contributed by atoms with Gasteiger partial charge in [0.1, 0.15) is 0 Å². The molecule has 0 saturated carbocycles. The highest BCUT2D eigenvalue weighted by molar-refractivity contribution is 5.81. The maximum absolute atomic E-state index is 11.6. The van der Waals surface area contributed by atoms with Crippen molar-refractivity contribution in [3.63, 3.8) is 0 Å². The normalized spacial score (nSPS) is 14.5. The van der Waals surface area contributed by atoms with Gasteiger partial charge in [-0.05, 0) is 24.0 Å². The van der Waals surface area contributed by atoms with E-state index < -0.39 is 0 Å². The van der Waals surface area contributed by atoms with Gasteiger partial charge >= 0.3 is 0 Å². The molecule has 0 bridgehead atoms. The smallest absolute Gasteiger partial charge is 0.221 e. The average Bonchev–Trinajstić information content (AvgIpc) is 2.56. The van der Waals surface area contributed by atoms with Crippen molar-refractivity contribution in [3.8, 4) is 0 Å². The summed E-state index contributed by atoms with van der Waals surface area (Å²) in [5.74, 6) is 0.964. The summed E-state index contributed by atoms with van der Waals surface area (Å²) in [6.45, 7) is 5.24. The van der Waals surface area contributed by atoms with Crippen LogP contribution in [0.2, 0.25) is 0 Å². The van der Waals surface area contributed by atoms with E-state index >= 15 is 0 Å². The van der Waals surface area contributed by atoms with Crippen molar-refractivity contribution >= 4 is 11.9 Å². The van der Waals surface area contributed by atoms with E-state index in [1.807, 2.05) is 0 Å². The van der Waals surface area contributed by atoms with E-state index in [4.69, 9.17) is 0 Å². The van der Waals surface area contributed by atoms with Crippen molar-refractivity contribution in [1.82, 2.24) is 15.5 Å². The van der Waals surface area contributed by atoms with Crippen LogP contribution in [0.3, 0.4) is 0 Å². The zero-order valence-corrected chi connectivity index (χ0v) is 13.6. The third-order valence-corrected chi connectivity index (χ3v) is 3.85. The van der Waals surface area contributed by atoms with Crippen LogP contribution in [0.25, 0.3) is 0 Å². The molecule has 1 aliphatic rings. The van der Waals surface area contributed by atoms with Crippen LogP contribution >= 0.6 is 0 Å². The molecule has 120 valence electrons. The minimum Gasteiger partial charge on any atom is -0.356 e. The molecule has 0 atom stereocenters. The SMILES string of the molecule is CCCNC(=O)CCNC(=NC)N1CCc2ccccc2C1. The minimum absolute atomic E-state index is 0.0915. The van der Waals surface area contributed by atoms with E-state index in [1.54, 1.807) is 7.05 Å². The maximum Gasteiger partial charge on any atom is 0.221 e. The lowest BCUT2D eigenvalue weighted by Gasteiger charge is -2.31. The summed E-state index contributed by atoms with van der Waals surface area (Å²) in [5.41, 5.74) is 2.78. The van der Waals surface area contributed by atoms with E-state index in [2.05, 4.69) is 51.7 Å². The van der Waals surface area contributed by atoms with E-state index in [0.29, 0.717) is 13.0 Å². The predicted octanol–water partition coefficient (Wildman–Crippen LogP) is 1.54. The van der Waals surface area contributed by atoms with Gasteiger partial charge in [0, 0.05) is 39.6 Å². The summed E-state index contributed by atoms with van der Waals surface area (Å²) in [5, 5.41) is 6.18. The molecule has 1 aliphatic heterocycles. The van der Waals surface area contributed by atoms with Gasteiger partial charge in [0.15, 0.2) is 5.96 Å². The first-order valence-corrected chi connectivity index (χ1v) is 8.03. The summed E-state index contributed by atoms with van der Waals surface area (Å²) < 4.78 is 0. The van der Waals surface area contributed by atoms with E-state index in [9.17, 15) is 4.79 Å². The quantitative estimate of drug-likeness (QED) is 0.641. The van der Waals surface area contributed by atoms with Gasteiger partial charge in [0.05, 0.1) is 0 Å². The Morgan fingerprint density at radius 3 is 2.73 bits per heavy atom. The molecule has 0 fully saturated rings. The fraction of sp³-hybridized carbons (Fsp3) is 0.529. The number of hydrogen-bond acceptors (Lipinski definition) is 2. The van der Waals surface area contributed by atoms with Crippen molar-refractivity contribution in [1.29, 1.82) is 0 Å². The van der Waals surface area contributed by atoms with Crippen LogP contribution in [0, 0.1) is 0 Å². The highest BCUT2D eigenvalue weighted by atomic mass is 16.1. The highest BCUT2D eigenvalue weighted by Gasteiger charge is 2.18. The molecule has 0 aliphatic carbocycles. The van der Waals surface area contributed by atoms with Crippen molar-refractivity contribution in [2.75, 3.05) is 26.7 Å². The van der Waals surface area contributed by atoms with Crippen molar-refractivity contribution < 1.29 is 4.79 Å². The van der Waals surface area contributed by atoms with Crippen molar-refractivity contribution in [3.05, 3.63) is 35.4 Å². The summed E-state index contributed by atoms with van der Waals surface area (Å²) >= 11 is 0. The lowest BCUT2D eigenvalue weighted by atomic mass is 10.0. The van der Waals surface area contributed by atoms with Crippen LogP contribution in [-0.2, 0) is 17.8 Å². The van der Waals surface area contributed by atoms with Gasteiger partial charge in [-0.2, -0.15) is 0 Å². The topological polar surface area (TPSA) is 56.7 Å². The molecule has 1 aromatic rings. The molecule has 1 amide bonds. The number of rotatable bonds is 5. The Labute approximate surface area is 132 Å². The second-order valence-corrected chi connectivity index (χ2v) is 5.51. The molecule has 0 spiro atoms. The molecule has 2 N–H and O–H groups in total. The zero-order valence-electron chi connectivity index (χ0n) is 13.6. The number of guanidine groups is 1. The van der Waals surface area contributed by atoms with Crippen LogP contribution in [-0.4, -0.2) is 43.4 Å². The summed E-state index contributed by atoms with van der Waals surface area (Å²) in [6, 6.07) is 8.54. The highest BCUT2D eigenvalue weighted by Crippen LogP contribution is 2.18. The van der Waals surface area contributed by atoms with E-state index in [1.165, 1.54) is 11.1 Å². The Bertz CT molecular complexity index is 527. The molecule has 0 unspecified atom stereocenters. The Kier molecular flexibility index (Phi) is 6.25. The lowest BCUT2D eigenvalue weighted by molar-refractivity contribution is -0.120. The molecule has 0 saturated heterocycles. The van der Waals surface area contributed by atoms with Gasteiger partial charge < -0.3 is 15.5 Å². The second kappa shape index (κ2) is 8.41. The number of carbonyl (C=O) groups is 1. The number of fused-ring (bicyclic) bond motifs is 1. The number of aliphatic imine (C=N–C) groups is 1. The Balaban J connectivity index is 1.82. The van der Waals surface area contributed by atoms with Gasteiger partial charge in [0.2, 0.25) is 5.91 Å². The fourth-order valence-corrected chi connectivity index (χ4v) is 2.65. The Morgan fingerprint density at radius 1 is 1.23 bits per heavy atom. The number of carbonyl (C=O) groups excluding carboxylic acids is 1.